The Kier molecular flexibility index (Phi) is 6.12. The predicted molar refractivity (Wildman–Crippen MR) is 106 cm³/mol. The highest BCUT2D eigenvalue weighted by Crippen LogP contribution is 2.36. The van der Waals surface area contributed by atoms with E-state index < -0.39 is 6.04 Å². The quantitative estimate of drug-likeness (QED) is 0.776. The SMILES string of the molecule is CCCCc1ccc2c(c1)C(NC(C)=O)C(=O)N2CCOc1ccccc1. The molecular formula is C22H26N2O3. The molecule has 5 heteroatoms. The minimum Gasteiger partial charge on any atom is -0.492 e. The van der Waals surface area contributed by atoms with Crippen LogP contribution in [0, 0.1) is 0 Å². The number of fused-ring (bicyclic) bond motifs is 1. The van der Waals surface area contributed by atoms with E-state index in [-0.39, 0.29) is 11.8 Å². The van der Waals surface area contributed by atoms with E-state index in [4.69, 9.17) is 4.74 Å². The van der Waals surface area contributed by atoms with E-state index in [1.54, 1.807) is 4.90 Å². The molecule has 1 atom stereocenters. The maximum absolute atomic E-state index is 12.9. The van der Waals surface area contributed by atoms with Gasteiger partial charge in [0, 0.05) is 18.2 Å². The molecule has 0 radical (unpaired) electrons. The van der Waals surface area contributed by atoms with Crippen LogP contribution in [0.25, 0.3) is 0 Å². The van der Waals surface area contributed by atoms with Gasteiger partial charge in [-0.25, -0.2) is 0 Å². The third-order valence-corrected chi connectivity index (χ3v) is 4.70. The van der Waals surface area contributed by atoms with E-state index in [0.29, 0.717) is 13.2 Å². The Morgan fingerprint density at radius 3 is 2.67 bits per heavy atom. The van der Waals surface area contributed by atoms with Crippen molar-refractivity contribution in [1.82, 2.24) is 5.32 Å². The zero-order valence-corrected chi connectivity index (χ0v) is 15.9. The van der Waals surface area contributed by atoms with Crippen molar-refractivity contribution in [2.75, 3.05) is 18.1 Å². The minimum atomic E-state index is -0.615. The molecule has 0 bridgehead atoms. The second-order valence-corrected chi connectivity index (χ2v) is 6.78. The van der Waals surface area contributed by atoms with Gasteiger partial charge in [-0.1, -0.05) is 43.7 Å². The van der Waals surface area contributed by atoms with Crippen LogP contribution in [0.5, 0.6) is 5.75 Å². The summed E-state index contributed by atoms with van der Waals surface area (Å²) in [6.07, 6.45) is 3.20. The summed E-state index contributed by atoms with van der Waals surface area (Å²) in [5, 5.41) is 2.80. The number of aryl methyl sites for hydroxylation is 1. The molecule has 27 heavy (non-hydrogen) atoms. The highest BCUT2D eigenvalue weighted by molar-refractivity contribution is 6.06. The molecule has 0 aromatic heterocycles. The number of anilines is 1. The smallest absolute Gasteiger partial charge is 0.254 e. The van der Waals surface area contributed by atoms with Gasteiger partial charge in [-0.15, -0.1) is 0 Å². The molecule has 0 spiro atoms. The number of para-hydroxylation sites is 1. The van der Waals surface area contributed by atoms with E-state index in [1.807, 2.05) is 36.4 Å². The minimum absolute atomic E-state index is 0.107. The first-order valence-corrected chi connectivity index (χ1v) is 9.49. The Labute approximate surface area is 160 Å². The van der Waals surface area contributed by atoms with Crippen LogP contribution in [0.1, 0.15) is 43.9 Å². The van der Waals surface area contributed by atoms with Crippen molar-refractivity contribution in [3.8, 4) is 5.75 Å². The number of nitrogens with zero attached hydrogens (tertiary/aromatic N) is 1. The van der Waals surface area contributed by atoms with Crippen LogP contribution in [0.15, 0.2) is 48.5 Å². The first-order chi connectivity index (χ1) is 13.1. The molecule has 1 aliphatic heterocycles. The molecule has 0 aliphatic carbocycles. The van der Waals surface area contributed by atoms with Crippen LogP contribution in [0.3, 0.4) is 0 Å². The van der Waals surface area contributed by atoms with Gasteiger partial charge in [0.15, 0.2) is 0 Å². The number of nitrogens with one attached hydrogen (secondary N) is 1. The number of unbranched alkanes of at least 4 members (excludes halogenated alkanes) is 1. The Morgan fingerprint density at radius 2 is 1.96 bits per heavy atom. The normalized spacial score (nSPS) is 15.6. The number of amides is 2. The third kappa shape index (κ3) is 4.48. The van der Waals surface area contributed by atoms with Crippen molar-refractivity contribution in [2.45, 2.75) is 39.2 Å². The van der Waals surface area contributed by atoms with Crippen molar-refractivity contribution >= 4 is 17.5 Å². The molecule has 1 unspecified atom stereocenters. The fourth-order valence-electron chi connectivity index (χ4n) is 3.37. The topological polar surface area (TPSA) is 58.6 Å². The van der Waals surface area contributed by atoms with Crippen LogP contribution >= 0.6 is 0 Å². The summed E-state index contributed by atoms with van der Waals surface area (Å²) in [7, 11) is 0. The monoisotopic (exact) mass is 366 g/mol. The lowest BCUT2D eigenvalue weighted by molar-refractivity contribution is -0.126. The fraction of sp³-hybridized carbons (Fsp3) is 0.364. The van der Waals surface area contributed by atoms with Crippen molar-refractivity contribution in [1.29, 1.82) is 0 Å². The molecule has 0 fully saturated rings. The van der Waals surface area contributed by atoms with Crippen molar-refractivity contribution in [3.63, 3.8) is 0 Å². The lowest BCUT2D eigenvalue weighted by Gasteiger charge is -2.18. The van der Waals surface area contributed by atoms with Gasteiger partial charge < -0.3 is 15.0 Å². The van der Waals surface area contributed by atoms with Gasteiger partial charge in [0.05, 0.1) is 6.54 Å². The molecule has 5 nitrogen and oxygen atoms in total. The average molecular weight is 366 g/mol. The maximum Gasteiger partial charge on any atom is 0.254 e. The zero-order valence-electron chi connectivity index (χ0n) is 15.9. The second-order valence-electron chi connectivity index (χ2n) is 6.78. The number of rotatable bonds is 8. The van der Waals surface area contributed by atoms with Crippen molar-refractivity contribution in [3.05, 3.63) is 59.7 Å². The third-order valence-electron chi connectivity index (χ3n) is 4.70. The van der Waals surface area contributed by atoms with E-state index in [9.17, 15) is 9.59 Å². The largest absolute Gasteiger partial charge is 0.492 e. The molecule has 3 rings (SSSR count). The molecule has 1 heterocycles. The number of carbonyl (C=O) groups excluding carboxylic acids is 2. The summed E-state index contributed by atoms with van der Waals surface area (Å²) in [4.78, 5) is 26.2. The summed E-state index contributed by atoms with van der Waals surface area (Å²) in [5.41, 5.74) is 2.93. The predicted octanol–water partition coefficient (Wildman–Crippen LogP) is 3.63. The van der Waals surface area contributed by atoms with Gasteiger partial charge in [-0.05, 0) is 36.6 Å². The number of ether oxygens (including phenoxy) is 1. The highest BCUT2D eigenvalue weighted by atomic mass is 16.5. The van der Waals surface area contributed by atoms with Crippen LogP contribution in [0.4, 0.5) is 5.69 Å². The van der Waals surface area contributed by atoms with Gasteiger partial charge >= 0.3 is 0 Å². The molecule has 2 aromatic carbocycles. The Morgan fingerprint density at radius 1 is 1.19 bits per heavy atom. The molecule has 2 amide bonds. The van der Waals surface area contributed by atoms with E-state index in [1.165, 1.54) is 12.5 Å². The van der Waals surface area contributed by atoms with Crippen LogP contribution in [0.2, 0.25) is 0 Å². The Bertz CT molecular complexity index is 804. The summed E-state index contributed by atoms with van der Waals surface area (Å²) >= 11 is 0. The van der Waals surface area contributed by atoms with Crippen LogP contribution < -0.4 is 15.0 Å². The van der Waals surface area contributed by atoms with Crippen molar-refractivity contribution in [2.24, 2.45) is 0 Å². The summed E-state index contributed by atoms with van der Waals surface area (Å²) < 4.78 is 5.74. The van der Waals surface area contributed by atoms with Gasteiger partial charge in [0.2, 0.25) is 5.91 Å². The first kappa shape index (κ1) is 19.0. The molecule has 1 N–H and O–H groups in total. The number of carbonyl (C=O) groups is 2. The van der Waals surface area contributed by atoms with Crippen molar-refractivity contribution < 1.29 is 14.3 Å². The zero-order chi connectivity index (χ0) is 19.2. The number of benzene rings is 2. The lowest BCUT2D eigenvalue weighted by Crippen LogP contribution is -2.38. The molecule has 1 aliphatic rings. The van der Waals surface area contributed by atoms with Gasteiger partial charge in [-0.3, -0.25) is 9.59 Å². The standard InChI is InChI=1S/C22H26N2O3/c1-3-4-8-17-11-12-20-19(15-17)21(23-16(2)25)22(26)24(20)13-14-27-18-9-6-5-7-10-18/h5-7,9-12,15,21H,3-4,8,13-14H2,1-2H3,(H,23,25). The van der Waals surface area contributed by atoms with Gasteiger partial charge in [0.1, 0.15) is 18.4 Å². The Hall–Kier alpha value is -2.82. The summed E-state index contributed by atoms with van der Waals surface area (Å²) in [6.45, 7) is 4.42. The van der Waals surface area contributed by atoms with Crippen LogP contribution in [-0.2, 0) is 16.0 Å². The summed E-state index contributed by atoms with van der Waals surface area (Å²) in [6, 6.07) is 15.0. The maximum atomic E-state index is 12.9. The Balaban J connectivity index is 1.77. The first-order valence-electron chi connectivity index (χ1n) is 9.49. The van der Waals surface area contributed by atoms with E-state index >= 15 is 0 Å². The lowest BCUT2D eigenvalue weighted by atomic mass is 10.0. The molecule has 0 saturated heterocycles. The number of hydrogen-bond donors (Lipinski definition) is 1. The van der Waals surface area contributed by atoms with E-state index in [0.717, 1.165) is 36.3 Å². The second kappa shape index (κ2) is 8.71. The number of hydrogen-bond acceptors (Lipinski definition) is 3. The molecular weight excluding hydrogens is 340 g/mol. The average Bonchev–Trinajstić information content (AvgIpc) is 2.92. The molecule has 2 aromatic rings. The molecule has 142 valence electrons. The van der Waals surface area contributed by atoms with Gasteiger partial charge in [0.25, 0.3) is 5.91 Å². The van der Waals surface area contributed by atoms with Crippen LogP contribution in [-0.4, -0.2) is 25.0 Å². The van der Waals surface area contributed by atoms with Gasteiger partial charge in [-0.2, -0.15) is 0 Å². The summed E-state index contributed by atoms with van der Waals surface area (Å²) in [5.74, 6) is 0.461. The molecule has 0 saturated carbocycles. The highest BCUT2D eigenvalue weighted by Gasteiger charge is 2.37. The fourth-order valence-corrected chi connectivity index (χ4v) is 3.37. The van der Waals surface area contributed by atoms with E-state index in [2.05, 4.69) is 24.4 Å².